The quantitative estimate of drug-likeness (QED) is 0.675. The van der Waals surface area contributed by atoms with Crippen LogP contribution in [0.3, 0.4) is 0 Å². The number of nitro benzene ring substituents is 1. The lowest BCUT2D eigenvalue weighted by atomic mass is 10.1. The van der Waals surface area contributed by atoms with Gasteiger partial charge in [0.2, 0.25) is 0 Å². The van der Waals surface area contributed by atoms with Gasteiger partial charge in [-0.1, -0.05) is 0 Å². The standard InChI is InChI=1S/C9H8BrNO6/c1-16-5-3-4(10)8(17-2)6(9(12)13)7(5)11(14)15/h3H,1-2H3,(H,12,13). The Morgan fingerprint density at radius 1 is 1.47 bits per heavy atom. The van der Waals surface area contributed by atoms with Crippen LogP contribution in [-0.4, -0.2) is 30.2 Å². The maximum absolute atomic E-state index is 11.1. The van der Waals surface area contributed by atoms with Gasteiger partial charge in [0.15, 0.2) is 17.1 Å². The van der Waals surface area contributed by atoms with Crippen molar-refractivity contribution < 1.29 is 24.3 Å². The maximum atomic E-state index is 11.1. The first-order chi connectivity index (χ1) is 7.93. The topological polar surface area (TPSA) is 98.9 Å². The molecule has 0 radical (unpaired) electrons. The summed E-state index contributed by atoms with van der Waals surface area (Å²) < 4.78 is 9.89. The van der Waals surface area contributed by atoms with Crippen LogP contribution >= 0.6 is 15.9 Å². The number of aromatic carboxylic acids is 1. The van der Waals surface area contributed by atoms with Gasteiger partial charge in [-0.2, -0.15) is 0 Å². The van der Waals surface area contributed by atoms with Gasteiger partial charge in [0, 0.05) is 6.07 Å². The summed E-state index contributed by atoms with van der Waals surface area (Å²) in [5.74, 6) is -1.74. The van der Waals surface area contributed by atoms with E-state index in [1.807, 2.05) is 0 Å². The van der Waals surface area contributed by atoms with E-state index in [0.717, 1.165) is 0 Å². The Morgan fingerprint density at radius 3 is 2.41 bits per heavy atom. The molecule has 0 bridgehead atoms. The second-order valence-corrected chi connectivity index (χ2v) is 3.73. The molecule has 1 aromatic carbocycles. The maximum Gasteiger partial charge on any atom is 0.346 e. The van der Waals surface area contributed by atoms with Gasteiger partial charge in [-0.15, -0.1) is 0 Å². The van der Waals surface area contributed by atoms with Crippen molar-refractivity contribution in [1.29, 1.82) is 0 Å². The van der Waals surface area contributed by atoms with Gasteiger partial charge in [-0.25, -0.2) is 4.79 Å². The molecule has 0 aliphatic carbocycles. The minimum Gasteiger partial charge on any atom is -0.494 e. The highest BCUT2D eigenvalue weighted by Crippen LogP contribution is 2.42. The number of benzene rings is 1. The SMILES string of the molecule is COc1cc(Br)c(OC)c(C(=O)O)c1[N+](=O)[O-]. The van der Waals surface area contributed by atoms with Crippen LogP contribution in [0.25, 0.3) is 0 Å². The number of rotatable bonds is 4. The van der Waals surface area contributed by atoms with Crippen molar-refractivity contribution >= 4 is 27.6 Å². The monoisotopic (exact) mass is 305 g/mol. The smallest absolute Gasteiger partial charge is 0.346 e. The lowest BCUT2D eigenvalue weighted by Gasteiger charge is -2.10. The van der Waals surface area contributed by atoms with Gasteiger partial charge in [-0.3, -0.25) is 10.1 Å². The van der Waals surface area contributed by atoms with E-state index in [1.165, 1.54) is 20.3 Å². The van der Waals surface area contributed by atoms with Crippen LogP contribution < -0.4 is 9.47 Å². The molecular formula is C9H8BrNO6. The number of carboxylic acid groups (broad SMARTS) is 1. The molecule has 0 aliphatic heterocycles. The summed E-state index contributed by atoms with van der Waals surface area (Å²) in [5, 5.41) is 19.9. The van der Waals surface area contributed by atoms with Crippen LogP contribution in [0.4, 0.5) is 5.69 Å². The van der Waals surface area contributed by atoms with Crippen molar-refractivity contribution in [3.05, 3.63) is 26.2 Å². The number of hydrogen-bond acceptors (Lipinski definition) is 5. The van der Waals surface area contributed by atoms with Gasteiger partial charge in [0.05, 0.1) is 23.6 Å². The third-order valence-electron chi connectivity index (χ3n) is 1.99. The number of halogens is 1. The average Bonchev–Trinajstić information content (AvgIpc) is 2.26. The Bertz CT molecular complexity index is 487. The van der Waals surface area contributed by atoms with Crippen molar-refractivity contribution in [2.45, 2.75) is 0 Å². The second kappa shape index (κ2) is 5.00. The summed E-state index contributed by atoms with van der Waals surface area (Å²) in [6.45, 7) is 0. The second-order valence-electron chi connectivity index (χ2n) is 2.88. The lowest BCUT2D eigenvalue weighted by Crippen LogP contribution is -2.07. The first kappa shape index (κ1) is 13.2. The molecule has 0 unspecified atom stereocenters. The van der Waals surface area contributed by atoms with Crippen molar-refractivity contribution in [3.8, 4) is 11.5 Å². The molecule has 0 aromatic heterocycles. The van der Waals surface area contributed by atoms with Crippen LogP contribution in [0, 0.1) is 10.1 Å². The summed E-state index contributed by atoms with van der Waals surface area (Å²) in [5.41, 5.74) is -1.19. The third kappa shape index (κ3) is 2.31. The van der Waals surface area contributed by atoms with Crippen LogP contribution in [-0.2, 0) is 0 Å². The molecule has 0 spiro atoms. The Labute approximate surface area is 104 Å². The highest BCUT2D eigenvalue weighted by molar-refractivity contribution is 9.10. The predicted molar refractivity (Wildman–Crippen MR) is 60.9 cm³/mol. The molecule has 17 heavy (non-hydrogen) atoms. The third-order valence-corrected chi connectivity index (χ3v) is 2.58. The van der Waals surface area contributed by atoms with E-state index < -0.39 is 22.1 Å². The molecule has 0 saturated heterocycles. The molecule has 1 rings (SSSR count). The molecule has 0 saturated carbocycles. The molecule has 0 aliphatic rings. The molecule has 0 heterocycles. The lowest BCUT2D eigenvalue weighted by molar-refractivity contribution is -0.386. The van der Waals surface area contributed by atoms with Crippen LogP contribution in [0.2, 0.25) is 0 Å². The fourth-order valence-electron chi connectivity index (χ4n) is 1.33. The van der Waals surface area contributed by atoms with Crippen LogP contribution in [0.1, 0.15) is 10.4 Å². The Morgan fingerprint density at radius 2 is 2.06 bits per heavy atom. The van der Waals surface area contributed by atoms with E-state index in [9.17, 15) is 14.9 Å². The average molecular weight is 306 g/mol. The van der Waals surface area contributed by atoms with Crippen molar-refractivity contribution in [1.82, 2.24) is 0 Å². The van der Waals surface area contributed by atoms with Crippen LogP contribution in [0.5, 0.6) is 11.5 Å². The molecule has 0 fully saturated rings. The number of hydrogen-bond donors (Lipinski definition) is 1. The molecule has 7 nitrogen and oxygen atoms in total. The molecule has 92 valence electrons. The Kier molecular flexibility index (Phi) is 3.89. The minimum absolute atomic E-state index is 0.120. The molecule has 0 amide bonds. The minimum atomic E-state index is -1.46. The highest BCUT2D eigenvalue weighted by atomic mass is 79.9. The first-order valence-corrected chi connectivity index (χ1v) is 5.05. The predicted octanol–water partition coefficient (Wildman–Crippen LogP) is 2.07. The number of methoxy groups -OCH3 is 2. The summed E-state index contributed by atoms with van der Waals surface area (Å²) in [6.07, 6.45) is 0. The van der Waals surface area contributed by atoms with E-state index >= 15 is 0 Å². The van der Waals surface area contributed by atoms with Gasteiger partial charge >= 0.3 is 11.7 Å². The van der Waals surface area contributed by atoms with Crippen molar-refractivity contribution in [2.24, 2.45) is 0 Å². The Hall–Kier alpha value is -1.83. The zero-order valence-corrected chi connectivity index (χ0v) is 10.5. The number of carbonyl (C=O) groups is 1. The van der Waals surface area contributed by atoms with E-state index in [4.69, 9.17) is 14.6 Å². The van der Waals surface area contributed by atoms with E-state index in [-0.39, 0.29) is 16.0 Å². The Balaban J connectivity index is 3.74. The fraction of sp³-hybridized carbons (Fsp3) is 0.222. The summed E-state index contributed by atoms with van der Waals surface area (Å²) in [6, 6.07) is 1.28. The largest absolute Gasteiger partial charge is 0.494 e. The molecule has 0 atom stereocenters. The normalized spacial score (nSPS) is 9.82. The van der Waals surface area contributed by atoms with E-state index in [2.05, 4.69) is 15.9 Å². The fourth-order valence-corrected chi connectivity index (χ4v) is 1.90. The van der Waals surface area contributed by atoms with E-state index in [0.29, 0.717) is 0 Å². The first-order valence-electron chi connectivity index (χ1n) is 4.26. The van der Waals surface area contributed by atoms with Gasteiger partial charge in [-0.05, 0) is 15.9 Å². The molecule has 1 aromatic rings. The number of nitro groups is 1. The number of carboxylic acids is 1. The summed E-state index contributed by atoms with van der Waals surface area (Å²) >= 11 is 3.06. The molecular weight excluding hydrogens is 298 g/mol. The summed E-state index contributed by atoms with van der Waals surface area (Å²) in [4.78, 5) is 21.1. The highest BCUT2D eigenvalue weighted by Gasteiger charge is 2.32. The molecule has 8 heteroatoms. The number of nitrogens with zero attached hydrogens (tertiary/aromatic N) is 1. The zero-order valence-electron chi connectivity index (χ0n) is 8.89. The molecule has 1 N–H and O–H groups in total. The van der Waals surface area contributed by atoms with Crippen LogP contribution in [0.15, 0.2) is 10.5 Å². The zero-order chi connectivity index (χ0) is 13.2. The summed E-state index contributed by atoms with van der Waals surface area (Å²) in [7, 11) is 2.44. The van der Waals surface area contributed by atoms with Crippen molar-refractivity contribution in [2.75, 3.05) is 14.2 Å². The number of ether oxygens (including phenoxy) is 2. The van der Waals surface area contributed by atoms with Crippen molar-refractivity contribution in [3.63, 3.8) is 0 Å². The van der Waals surface area contributed by atoms with Gasteiger partial charge in [0.25, 0.3) is 0 Å². The van der Waals surface area contributed by atoms with Gasteiger partial charge < -0.3 is 14.6 Å². The van der Waals surface area contributed by atoms with E-state index in [1.54, 1.807) is 0 Å². The van der Waals surface area contributed by atoms with Gasteiger partial charge in [0.1, 0.15) is 0 Å².